The van der Waals surface area contributed by atoms with Gasteiger partial charge >= 0.3 is 0 Å². The molecule has 0 spiro atoms. The summed E-state index contributed by atoms with van der Waals surface area (Å²) in [4.78, 5) is 2.53. The summed E-state index contributed by atoms with van der Waals surface area (Å²) in [5.74, 6) is 0. The highest BCUT2D eigenvalue weighted by molar-refractivity contribution is 5.91. The number of aromatic amines is 1. The Labute approximate surface area is 115 Å². The number of nitrogens with two attached hydrogens (primary N) is 1. The van der Waals surface area contributed by atoms with Crippen molar-refractivity contribution in [1.82, 2.24) is 15.1 Å². The topological polar surface area (TPSA) is 57.9 Å². The zero-order chi connectivity index (χ0) is 13.7. The van der Waals surface area contributed by atoms with Crippen LogP contribution in [0.3, 0.4) is 0 Å². The quantitative estimate of drug-likeness (QED) is 0.753. The molecule has 0 aliphatic carbocycles. The van der Waals surface area contributed by atoms with Gasteiger partial charge in [0.1, 0.15) is 0 Å². The van der Waals surface area contributed by atoms with Crippen LogP contribution in [-0.2, 0) is 6.42 Å². The fraction of sp³-hybridized carbons (Fsp3) is 0.533. The molecule has 0 saturated carbocycles. The van der Waals surface area contributed by atoms with E-state index in [9.17, 15) is 0 Å². The fourth-order valence-corrected chi connectivity index (χ4v) is 2.58. The number of anilines is 1. The van der Waals surface area contributed by atoms with Crippen LogP contribution in [0.2, 0.25) is 0 Å². The Morgan fingerprint density at radius 1 is 1.16 bits per heavy atom. The van der Waals surface area contributed by atoms with Gasteiger partial charge < -0.3 is 10.6 Å². The number of aromatic nitrogens is 2. The lowest BCUT2D eigenvalue weighted by molar-refractivity contribution is 0.278. The van der Waals surface area contributed by atoms with Gasteiger partial charge in [-0.1, -0.05) is 19.9 Å². The molecule has 4 nitrogen and oxygen atoms in total. The van der Waals surface area contributed by atoms with Gasteiger partial charge in [0.05, 0.1) is 17.4 Å². The highest BCUT2D eigenvalue weighted by Crippen LogP contribution is 2.22. The van der Waals surface area contributed by atoms with Crippen LogP contribution in [-0.4, -0.2) is 34.7 Å². The molecule has 0 atom stereocenters. The van der Waals surface area contributed by atoms with Crippen LogP contribution in [0.5, 0.6) is 0 Å². The third-order valence-corrected chi connectivity index (χ3v) is 3.52. The first kappa shape index (κ1) is 13.9. The van der Waals surface area contributed by atoms with E-state index in [1.165, 1.54) is 31.5 Å². The van der Waals surface area contributed by atoms with Crippen molar-refractivity contribution < 1.29 is 0 Å². The first-order chi connectivity index (χ1) is 9.26. The minimum atomic E-state index is 0.773. The molecule has 1 aromatic carbocycles. The lowest BCUT2D eigenvalue weighted by Crippen LogP contribution is -2.27. The third kappa shape index (κ3) is 3.26. The van der Waals surface area contributed by atoms with E-state index in [1.54, 1.807) is 0 Å². The minimum Gasteiger partial charge on any atom is -0.397 e. The molecule has 0 aliphatic rings. The summed E-state index contributed by atoms with van der Waals surface area (Å²) in [6.45, 7) is 7.93. The van der Waals surface area contributed by atoms with Crippen molar-refractivity contribution in [2.75, 3.05) is 25.4 Å². The standard InChI is InChI=1S/C15H24N4/c1-3-8-19(9-4-2)10-7-12-5-6-14(16)15-13(12)11-17-18-15/h5-6,11H,3-4,7-10,16H2,1-2H3,(H,17,18). The van der Waals surface area contributed by atoms with Crippen molar-refractivity contribution in [2.24, 2.45) is 0 Å². The second kappa shape index (κ2) is 6.57. The van der Waals surface area contributed by atoms with Crippen molar-refractivity contribution in [3.05, 3.63) is 23.9 Å². The summed E-state index contributed by atoms with van der Waals surface area (Å²) >= 11 is 0. The number of H-pyrrole nitrogens is 1. The van der Waals surface area contributed by atoms with Crippen LogP contribution < -0.4 is 5.73 Å². The number of benzene rings is 1. The molecule has 0 saturated heterocycles. The van der Waals surface area contributed by atoms with Gasteiger partial charge in [-0.05, 0) is 44.0 Å². The zero-order valence-electron chi connectivity index (χ0n) is 11.9. The van der Waals surface area contributed by atoms with Gasteiger partial charge in [-0.3, -0.25) is 5.10 Å². The van der Waals surface area contributed by atoms with E-state index in [-0.39, 0.29) is 0 Å². The number of hydrogen-bond acceptors (Lipinski definition) is 3. The van der Waals surface area contributed by atoms with E-state index in [0.29, 0.717) is 0 Å². The number of rotatable bonds is 7. The highest BCUT2D eigenvalue weighted by Gasteiger charge is 2.08. The highest BCUT2D eigenvalue weighted by atomic mass is 15.1. The van der Waals surface area contributed by atoms with Crippen molar-refractivity contribution in [1.29, 1.82) is 0 Å². The monoisotopic (exact) mass is 260 g/mol. The average molecular weight is 260 g/mol. The van der Waals surface area contributed by atoms with Gasteiger partial charge in [-0.15, -0.1) is 0 Å². The first-order valence-electron chi connectivity index (χ1n) is 7.19. The molecule has 2 rings (SSSR count). The van der Waals surface area contributed by atoms with Crippen LogP contribution in [0, 0.1) is 0 Å². The van der Waals surface area contributed by atoms with E-state index >= 15 is 0 Å². The van der Waals surface area contributed by atoms with E-state index < -0.39 is 0 Å². The molecule has 0 unspecified atom stereocenters. The Bertz CT molecular complexity index is 512. The lowest BCUT2D eigenvalue weighted by atomic mass is 10.1. The van der Waals surface area contributed by atoms with Crippen LogP contribution in [0.1, 0.15) is 32.3 Å². The van der Waals surface area contributed by atoms with E-state index in [0.717, 1.165) is 29.6 Å². The summed E-state index contributed by atoms with van der Waals surface area (Å²) in [5, 5.41) is 8.24. The number of fused-ring (bicyclic) bond motifs is 1. The zero-order valence-corrected chi connectivity index (χ0v) is 11.9. The van der Waals surface area contributed by atoms with E-state index in [2.05, 4.69) is 35.0 Å². The summed E-state index contributed by atoms with van der Waals surface area (Å²) in [6.07, 6.45) is 5.35. The Kier molecular flexibility index (Phi) is 4.80. The average Bonchev–Trinajstić information content (AvgIpc) is 2.88. The van der Waals surface area contributed by atoms with Crippen molar-refractivity contribution in [3.8, 4) is 0 Å². The van der Waals surface area contributed by atoms with Gasteiger partial charge in [-0.25, -0.2) is 0 Å². The Balaban J connectivity index is 2.08. The number of nitrogens with one attached hydrogen (secondary N) is 1. The Morgan fingerprint density at radius 2 is 1.89 bits per heavy atom. The smallest absolute Gasteiger partial charge is 0.0882 e. The lowest BCUT2D eigenvalue weighted by Gasteiger charge is -2.21. The maximum atomic E-state index is 5.94. The van der Waals surface area contributed by atoms with Crippen molar-refractivity contribution in [2.45, 2.75) is 33.1 Å². The summed E-state index contributed by atoms with van der Waals surface area (Å²) < 4.78 is 0. The first-order valence-corrected chi connectivity index (χ1v) is 7.19. The van der Waals surface area contributed by atoms with Gasteiger partial charge in [0, 0.05) is 11.9 Å². The minimum absolute atomic E-state index is 0.773. The van der Waals surface area contributed by atoms with Gasteiger partial charge in [0.15, 0.2) is 0 Å². The molecular weight excluding hydrogens is 236 g/mol. The molecule has 0 aliphatic heterocycles. The summed E-state index contributed by atoms with van der Waals surface area (Å²) in [7, 11) is 0. The summed E-state index contributed by atoms with van der Waals surface area (Å²) in [5.41, 5.74) is 9.01. The molecule has 4 heteroatoms. The SMILES string of the molecule is CCCN(CCC)CCc1ccc(N)c2[nH]ncc12. The predicted molar refractivity (Wildman–Crippen MR) is 81.2 cm³/mol. The van der Waals surface area contributed by atoms with Gasteiger partial charge in [0.25, 0.3) is 0 Å². The second-order valence-corrected chi connectivity index (χ2v) is 5.06. The normalized spacial score (nSPS) is 11.5. The predicted octanol–water partition coefficient (Wildman–Crippen LogP) is 2.81. The molecule has 0 fully saturated rings. The molecule has 0 amide bonds. The molecule has 0 bridgehead atoms. The van der Waals surface area contributed by atoms with E-state index in [1.807, 2.05) is 12.3 Å². The van der Waals surface area contributed by atoms with E-state index in [4.69, 9.17) is 5.73 Å². The number of nitrogen functional groups attached to an aromatic ring is 1. The maximum absolute atomic E-state index is 5.94. The van der Waals surface area contributed by atoms with Crippen LogP contribution in [0.25, 0.3) is 10.9 Å². The molecule has 3 N–H and O–H groups in total. The second-order valence-electron chi connectivity index (χ2n) is 5.06. The largest absolute Gasteiger partial charge is 0.397 e. The molecule has 19 heavy (non-hydrogen) atoms. The number of hydrogen-bond donors (Lipinski definition) is 2. The molecule has 1 heterocycles. The fourth-order valence-electron chi connectivity index (χ4n) is 2.58. The van der Waals surface area contributed by atoms with Crippen LogP contribution in [0.4, 0.5) is 5.69 Å². The molecule has 1 aromatic heterocycles. The molecule has 2 aromatic rings. The van der Waals surface area contributed by atoms with Crippen molar-refractivity contribution >= 4 is 16.6 Å². The maximum Gasteiger partial charge on any atom is 0.0882 e. The Hall–Kier alpha value is -1.55. The van der Waals surface area contributed by atoms with Gasteiger partial charge in [-0.2, -0.15) is 5.10 Å². The molecule has 0 radical (unpaired) electrons. The Morgan fingerprint density at radius 3 is 2.58 bits per heavy atom. The van der Waals surface area contributed by atoms with Crippen LogP contribution in [0.15, 0.2) is 18.3 Å². The number of nitrogens with zero attached hydrogens (tertiary/aromatic N) is 2. The third-order valence-electron chi connectivity index (χ3n) is 3.52. The van der Waals surface area contributed by atoms with Crippen molar-refractivity contribution in [3.63, 3.8) is 0 Å². The molecular formula is C15H24N4. The van der Waals surface area contributed by atoms with Crippen LogP contribution >= 0.6 is 0 Å². The van der Waals surface area contributed by atoms with Gasteiger partial charge in [0.2, 0.25) is 0 Å². The summed E-state index contributed by atoms with van der Waals surface area (Å²) in [6, 6.07) is 4.10. The molecule has 104 valence electrons.